The minimum absolute atomic E-state index is 0.117. The van der Waals surface area contributed by atoms with Crippen LogP contribution in [0.25, 0.3) is 0 Å². The first-order valence-electron chi connectivity index (χ1n) is 8.10. The third kappa shape index (κ3) is 4.07. The standard InChI is InChI=1S/C17H15F13O/c1-9-6-4-5-7-10(9)11(2,31-3)8-12(18,19)13(20,21)14(22,23)15(24,25)16(26,27)17(28,29)30/h4-7H,8H2,1-3H3. The summed E-state index contributed by atoms with van der Waals surface area (Å²) in [6, 6.07) is 4.91. The lowest BCUT2D eigenvalue weighted by molar-refractivity contribution is -0.441. The van der Waals surface area contributed by atoms with Crippen LogP contribution in [0.15, 0.2) is 24.3 Å². The molecule has 0 aromatic heterocycles. The number of halogens is 13. The maximum atomic E-state index is 14.2. The highest BCUT2D eigenvalue weighted by atomic mass is 19.4. The number of alkyl halides is 13. The van der Waals surface area contributed by atoms with E-state index >= 15 is 0 Å². The molecule has 0 bridgehead atoms. The number of methoxy groups -OCH3 is 1. The van der Waals surface area contributed by atoms with Crippen LogP contribution in [-0.4, -0.2) is 42.9 Å². The van der Waals surface area contributed by atoms with E-state index in [-0.39, 0.29) is 11.1 Å². The Balaban J connectivity index is 3.54. The summed E-state index contributed by atoms with van der Waals surface area (Å²) in [4.78, 5) is 0. The summed E-state index contributed by atoms with van der Waals surface area (Å²) in [6.45, 7) is 1.97. The summed E-state index contributed by atoms with van der Waals surface area (Å²) in [5, 5.41) is 0. The van der Waals surface area contributed by atoms with Crippen LogP contribution in [0.2, 0.25) is 0 Å². The van der Waals surface area contributed by atoms with Crippen LogP contribution in [0.4, 0.5) is 57.1 Å². The maximum absolute atomic E-state index is 14.2. The van der Waals surface area contributed by atoms with E-state index in [2.05, 4.69) is 4.74 Å². The Labute approximate surface area is 167 Å². The van der Waals surface area contributed by atoms with Crippen molar-refractivity contribution in [2.24, 2.45) is 0 Å². The Bertz CT molecular complexity index is 784. The smallest absolute Gasteiger partial charge is 0.374 e. The highest BCUT2D eigenvalue weighted by Crippen LogP contribution is 2.61. The highest BCUT2D eigenvalue weighted by Gasteiger charge is 2.90. The van der Waals surface area contributed by atoms with Gasteiger partial charge in [0.2, 0.25) is 0 Å². The Morgan fingerprint density at radius 3 is 1.48 bits per heavy atom. The predicted molar refractivity (Wildman–Crippen MR) is 80.9 cm³/mol. The molecule has 31 heavy (non-hydrogen) atoms. The maximum Gasteiger partial charge on any atom is 0.460 e. The fourth-order valence-electron chi connectivity index (χ4n) is 2.78. The SMILES string of the molecule is COC(C)(CC(F)(F)C(F)(F)C(F)(F)C(F)(F)C(F)(F)C(F)(F)F)c1ccccc1C. The van der Waals surface area contributed by atoms with E-state index in [1.807, 2.05) is 0 Å². The normalized spacial score (nSPS) is 16.9. The van der Waals surface area contributed by atoms with Crippen molar-refractivity contribution in [2.75, 3.05) is 7.11 Å². The Kier molecular flexibility index (Phi) is 6.78. The van der Waals surface area contributed by atoms with Crippen LogP contribution in [0.1, 0.15) is 24.5 Å². The Morgan fingerprint density at radius 2 is 1.10 bits per heavy atom. The van der Waals surface area contributed by atoms with Gasteiger partial charge in [0.25, 0.3) is 0 Å². The molecule has 0 aliphatic rings. The van der Waals surface area contributed by atoms with Gasteiger partial charge in [-0.25, -0.2) is 0 Å². The average molecular weight is 482 g/mol. The van der Waals surface area contributed by atoms with E-state index in [0.29, 0.717) is 14.0 Å². The van der Waals surface area contributed by atoms with Gasteiger partial charge in [-0.2, -0.15) is 57.1 Å². The van der Waals surface area contributed by atoms with Gasteiger partial charge in [0.15, 0.2) is 0 Å². The number of hydrogen-bond acceptors (Lipinski definition) is 1. The molecule has 0 fully saturated rings. The zero-order valence-corrected chi connectivity index (χ0v) is 15.8. The van der Waals surface area contributed by atoms with Crippen molar-refractivity contribution in [3.8, 4) is 0 Å². The molecule has 0 saturated heterocycles. The first-order valence-corrected chi connectivity index (χ1v) is 8.10. The molecule has 180 valence electrons. The van der Waals surface area contributed by atoms with E-state index < -0.39 is 47.8 Å². The average Bonchev–Trinajstić information content (AvgIpc) is 2.59. The zero-order chi connectivity index (χ0) is 24.9. The molecule has 0 amide bonds. The largest absolute Gasteiger partial charge is 0.460 e. The van der Waals surface area contributed by atoms with E-state index in [1.54, 1.807) is 0 Å². The summed E-state index contributed by atoms with van der Waals surface area (Å²) in [5.74, 6) is -37.1. The third-order valence-electron chi connectivity index (χ3n) is 4.72. The van der Waals surface area contributed by atoms with Crippen LogP contribution < -0.4 is 0 Å². The minimum Gasteiger partial charge on any atom is -0.374 e. The van der Waals surface area contributed by atoms with Crippen molar-refractivity contribution in [2.45, 2.75) is 61.7 Å². The number of aryl methyl sites for hydroxylation is 1. The molecule has 14 heteroatoms. The monoisotopic (exact) mass is 482 g/mol. The van der Waals surface area contributed by atoms with Gasteiger partial charge in [0.05, 0.1) is 12.0 Å². The van der Waals surface area contributed by atoms with Crippen LogP contribution >= 0.6 is 0 Å². The fraction of sp³-hybridized carbons (Fsp3) is 0.647. The molecule has 1 aromatic carbocycles. The van der Waals surface area contributed by atoms with Gasteiger partial charge in [0, 0.05) is 7.11 Å². The molecule has 0 saturated carbocycles. The molecule has 0 spiro atoms. The molecule has 0 N–H and O–H groups in total. The molecule has 0 aliphatic heterocycles. The first-order chi connectivity index (χ1) is 13.5. The number of rotatable bonds is 8. The summed E-state index contributed by atoms with van der Waals surface area (Å²) in [5.41, 5.74) is -2.70. The topological polar surface area (TPSA) is 9.23 Å². The van der Waals surface area contributed by atoms with Gasteiger partial charge in [-0.05, 0) is 25.0 Å². The van der Waals surface area contributed by atoms with E-state index in [0.717, 1.165) is 6.07 Å². The summed E-state index contributed by atoms with van der Waals surface area (Å²) < 4.78 is 177. The van der Waals surface area contributed by atoms with Gasteiger partial charge < -0.3 is 4.74 Å². The fourth-order valence-corrected chi connectivity index (χ4v) is 2.78. The second kappa shape index (κ2) is 7.69. The Hall–Kier alpha value is -1.73. The molecule has 1 aromatic rings. The van der Waals surface area contributed by atoms with Crippen molar-refractivity contribution < 1.29 is 61.8 Å². The van der Waals surface area contributed by atoms with Crippen molar-refractivity contribution in [3.05, 3.63) is 35.4 Å². The zero-order valence-electron chi connectivity index (χ0n) is 15.8. The van der Waals surface area contributed by atoms with Crippen LogP contribution in [0.5, 0.6) is 0 Å². The van der Waals surface area contributed by atoms with Crippen LogP contribution in [0.3, 0.4) is 0 Å². The van der Waals surface area contributed by atoms with Crippen molar-refractivity contribution in [1.82, 2.24) is 0 Å². The lowest BCUT2D eigenvalue weighted by atomic mass is 9.82. The molecular formula is C17H15F13O. The van der Waals surface area contributed by atoms with Crippen molar-refractivity contribution >= 4 is 0 Å². The molecule has 1 rings (SSSR count). The molecule has 1 atom stereocenters. The summed E-state index contributed by atoms with van der Waals surface area (Å²) in [6.07, 6.45) is -9.90. The quantitative estimate of drug-likeness (QED) is 0.363. The third-order valence-corrected chi connectivity index (χ3v) is 4.72. The molecule has 1 nitrogen and oxygen atoms in total. The summed E-state index contributed by atoms with van der Waals surface area (Å²) in [7, 11) is 0.686. The molecule has 1 unspecified atom stereocenters. The van der Waals surface area contributed by atoms with Gasteiger partial charge in [-0.3, -0.25) is 0 Å². The number of ether oxygens (including phenoxy) is 1. The van der Waals surface area contributed by atoms with Crippen LogP contribution in [0, 0.1) is 6.92 Å². The summed E-state index contributed by atoms with van der Waals surface area (Å²) >= 11 is 0. The highest BCUT2D eigenvalue weighted by molar-refractivity contribution is 5.31. The van der Waals surface area contributed by atoms with Gasteiger partial charge in [0.1, 0.15) is 0 Å². The minimum atomic E-state index is -7.92. The molecule has 0 radical (unpaired) electrons. The van der Waals surface area contributed by atoms with Crippen LogP contribution in [-0.2, 0) is 10.3 Å². The molecule has 0 aliphatic carbocycles. The first kappa shape index (κ1) is 27.3. The lowest BCUT2D eigenvalue weighted by Crippen LogP contribution is -2.70. The van der Waals surface area contributed by atoms with Crippen molar-refractivity contribution in [3.63, 3.8) is 0 Å². The van der Waals surface area contributed by atoms with Crippen molar-refractivity contribution in [1.29, 1.82) is 0 Å². The van der Waals surface area contributed by atoms with Gasteiger partial charge in [-0.15, -0.1) is 0 Å². The molecular weight excluding hydrogens is 467 g/mol. The Morgan fingerprint density at radius 1 is 0.677 bits per heavy atom. The second-order valence-corrected chi connectivity index (χ2v) is 6.93. The van der Waals surface area contributed by atoms with Gasteiger partial charge >= 0.3 is 35.8 Å². The number of benzene rings is 1. The predicted octanol–water partition coefficient (Wildman–Crippen LogP) is 6.99. The van der Waals surface area contributed by atoms with E-state index in [4.69, 9.17) is 0 Å². The number of hydrogen-bond donors (Lipinski definition) is 0. The second-order valence-electron chi connectivity index (χ2n) is 6.93. The lowest BCUT2D eigenvalue weighted by Gasteiger charge is -2.42. The van der Waals surface area contributed by atoms with Gasteiger partial charge in [-0.1, -0.05) is 24.3 Å². The molecule has 0 heterocycles. The van der Waals surface area contributed by atoms with E-state index in [9.17, 15) is 57.1 Å². The van der Waals surface area contributed by atoms with E-state index in [1.165, 1.54) is 25.1 Å².